The van der Waals surface area contributed by atoms with Gasteiger partial charge in [-0.2, -0.15) is 5.26 Å². The van der Waals surface area contributed by atoms with E-state index >= 15 is 0 Å². The first kappa shape index (κ1) is 21.4. The number of benzene rings is 1. The van der Waals surface area contributed by atoms with Gasteiger partial charge in [-0.25, -0.2) is 19.1 Å². The second kappa shape index (κ2) is 7.71. The normalized spacial score (nSPS) is 16.7. The zero-order valence-electron chi connectivity index (χ0n) is 17.6. The van der Waals surface area contributed by atoms with Crippen LogP contribution in [-0.4, -0.2) is 20.3 Å². The number of hydrogen-bond acceptors (Lipinski definition) is 5. The minimum absolute atomic E-state index is 0.0717. The number of amides is 2. The lowest BCUT2D eigenvalue weighted by atomic mass is 9.93. The molecule has 0 fully saturated rings. The second-order valence-electron chi connectivity index (χ2n) is 8.51. The SMILES string of the molecule is CC(C)(O)c1ccnc([S@](N)(=O)=NC(=O)Nc2c3c(c(C#N)c4c2CCC4)CCC3)c1. The van der Waals surface area contributed by atoms with E-state index in [9.17, 15) is 19.4 Å². The number of fused-ring (bicyclic) bond motifs is 2. The number of carbonyl (C=O) groups excluding carboxylic acids is 1. The fraction of sp³-hybridized carbons (Fsp3) is 0.409. The highest BCUT2D eigenvalue weighted by atomic mass is 32.2. The van der Waals surface area contributed by atoms with Crippen molar-refractivity contribution in [2.75, 3.05) is 5.32 Å². The van der Waals surface area contributed by atoms with Gasteiger partial charge in [0.25, 0.3) is 0 Å². The van der Waals surface area contributed by atoms with Crippen molar-refractivity contribution in [3.05, 3.63) is 51.7 Å². The molecule has 0 spiro atoms. The van der Waals surface area contributed by atoms with E-state index in [0.717, 1.165) is 66.3 Å². The van der Waals surface area contributed by atoms with E-state index < -0.39 is 21.5 Å². The van der Waals surface area contributed by atoms with Crippen LogP contribution in [0.25, 0.3) is 0 Å². The number of aliphatic hydroxyl groups is 1. The average Bonchev–Trinajstić information content (AvgIpc) is 3.37. The molecule has 2 amide bonds. The predicted molar refractivity (Wildman–Crippen MR) is 117 cm³/mol. The molecule has 9 heteroatoms. The summed E-state index contributed by atoms with van der Waals surface area (Å²) >= 11 is 0. The minimum atomic E-state index is -3.61. The van der Waals surface area contributed by atoms with Gasteiger partial charge >= 0.3 is 6.03 Å². The Bertz CT molecular complexity index is 1210. The third-order valence-corrected chi connectivity index (χ3v) is 7.21. The molecule has 8 nitrogen and oxygen atoms in total. The Morgan fingerprint density at radius 3 is 2.35 bits per heavy atom. The standard InChI is InChI=1S/C22H25N5O3S/c1-22(2,29)13-9-10-25-19(11-13)31(24,30)27-21(28)26-20-16-7-3-5-14(16)18(12-23)15-6-4-8-17(15)20/h9-11,29H,3-8H2,1-2H3,(H3,24,26,27,28,30)/t31-/m1/s1. The van der Waals surface area contributed by atoms with Crippen LogP contribution in [0, 0.1) is 11.3 Å². The summed E-state index contributed by atoms with van der Waals surface area (Å²) in [7, 11) is -3.61. The van der Waals surface area contributed by atoms with Crippen molar-refractivity contribution in [3.8, 4) is 6.07 Å². The van der Waals surface area contributed by atoms with E-state index in [-0.39, 0.29) is 5.03 Å². The largest absolute Gasteiger partial charge is 0.386 e. The number of carbonyl (C=O) groups is 1. The molecule has 2 aliphatic rings. The van der Waals surface area contributed by atoms with Crippen LogP contribution >= 0.6 is 0 Å². The molecule has 0 saturated carbocycles. The molecule has 0 saturated heterocycles. The Balaban J connectivity index is 1.71. The lowest BCUT2D eigenvalue weighted by Crippen LogP contribution is -2.21. The Kier molecular flexibility index (Phi) is 5.33. The number of nitriles is 1. The Morgan fingerprint density at radius 1 is 1.23 bits per heavy atom. The van der Waals surface area contributed by atoms with Crippen LogP contribution in [0.3, 0.4) is 0 Å². The number of rotatable bonds is 3. The fourth-order valence-corrected chi connectivity index (χ4v) is 5.38. The predicted octanol–water partition coefficient (Wildman–Crippen LogP) is 3.09. The van der Waals surface area contributed by atoms with Gasteiger partial charge in [-0.3, -0.25) is 0 Å². The van der Waals surface area contributed by atoms with E-state index in [1.165, 1.54) is 12.3 Å². The molecule has 0 radical (unpaired) electrons. The monoisotopic (exact) mass is 439 g/mol. The maximum absolute atomic E-state index is 13.0. The summed E-state index contributed by atoms with van der Waals surface area (Å²) in [4.78, 5) is 16.8. The fourth-order valence-electron chi connectivity index (χ4n) is 4.49. The number of nitrogens with one attached hydrogen (secondary N) is 1. The molecule has 1 atom stereocenters. The summed E-state index contributed by atoms with van der Waals surface area (Å²) in [5, 5.41) is 28.5. The molecular weight excluding hydrogens is 414 g/mol. The number of pyridine rings is 1. The maximum atomic E-state index is 13.0. The molecule has 1 aromatic carbocycles. The molecule has 31 heavy (non-hydrogen) atoms. The van der Waals surface area contributed by atoms with E-state index in [1.54, 1.807) is 19.9 Å². The summed E-state index contributed by atoms with van der Waals surface area (Å²) in [5.74, 6) is 0. The zero-order valence-corrected chi connectivity index (χ0v) is 18.4. The highest BCUT2D eigenvalue weighted by Gasteiger charge is 2.29. The van der Waals surface area contributed by atoms with Crippen molar-refractivity contribution in [2.45, 2.75) is 63.0 Å². The second-order valence-corrected chi connectivity index (χ2v) is 10.3. The number of anilines is 1. The summed E-state index contributed by atoms with van der Waals surface area (Å²) in [6.45, 7) is 3.17. The molecule has 1 aromatic heterocycles. The third kappa shape index (κ3) is 3.94. The van der Waals surface area contributed by atoms with Gasteiger partial charge in [0, 0.05) is 11.9 Å². The third-order valence-electron chi connectivity index (χ3n) is 5.95. The van der Waals surface area contributed by atoms with Crippen molar-refractivity contribution >= 4 is 21.6 Å². The van der Waals surface area contributed by atoms with E-state index in [1.807, 2.05) is 0 Å². The number of urea groups is 1. The van der Waals surface area contributed by atoms with Gasteiger partial charge in [0.05, 0.1) is 17.2 Å². The first-order valence-electron chi connectivity index (χ1n) is 10.3. The molecular formula is C22H25N5O3S. The van der Waals surface area contributed by atoms with Gasteiger partial charge in [-0.15, -0.1) is 4.36 Å². The number of nitrogens with two attached hydrogens (primary N) is 1. The topological polar surface area (TPSA) is 141 Å². The van der Waals surface area contributed by atoms with Gasteiger partial charge in [0.15, 0.2) is 14.9 Å². The van der Waals surface area contributed by atoms with Crippen molar-refractivity contribution in [1.82, 2.24) is 4.98 Å². The van der Waals surface area contributed by atoms with Crippen molar-refractivity contribution in [3.63, 3.8) is 0 Å². The van der Waals surface area contributed by atoms with Gasteiger partial charge in [-0.05, 0) is 92.3 Å². The van der Waals surface area contributed by atoms with Crippen LogP contribution in [-0.2, 0) is 41.2 Å². The molecule has 2 aliphatic carbocycles. The Hall–Kier alpha value is -2.80. The van der Waals surface area contributed by atoms with Crippen molar-refractivity contribution < 1.29 is 14.1 Å². The lowest BCUT2D eigenvalue weighted by molar-refractivity contribution is 0.0782. The summed E-state index contributed by atoms with van der Waals surface area (Å²) in [5.41, 5.74) is 4.70. The molecule has 162 valence electrons. The molecule has 0 unspecified atom stereocenters. The molecule has 4 rings (SSSR count). The molecule has 4 N–H and O–H groups in total. The van der Waals surface area contributed by atoms with Crippen LogP contribution in [0.15, 0.2) is 27.7 Å². The van der Waals surface area contributed by atoms with Crippen LogP contribution in [0.2, 0.25) is 0 Å². The minimum Gasteiger partial charge on any atom is -0.386 e. The van der Waals surface area contributed by atoms with Crippen LogP contribution in [0.1, 0.15) is 60.1 Å². The van der Waals surface area contributed by atoms with Crippen LogP contribution < -0.4 is 10.5 Å². The highest BCUT2D eigenvalue weighted by Crippen LogP contribution is 2.41. The zero-order chi connectivity index (χ0) is 22.4. The molecule has 0 bridgehead atoms. The smallest absolute Gasteiger partial charge is 0.354 e. The Labute approximate surface area is 181 Å². The first-order chi connectivity index (χ1) is 14.6. The number of aromatic nitrogens is 1. The van der Waals surface area contributed by atoms with Crippen LogP contribution in [0.4, 0.5) is 10.5 Å². The first-order valence-corrected chi connectivity index (χ1v) is 11.8. The number of nitrogens with zero attached hydrogens (tertiary/aromatic N) is 3. The average molecular weight is 440 g/mol. The highest BCUT2D eigenvalue weighted by molar-refractivity contribution is 7.91. The molecule has 0 aliphatic heterocycles. The van der Waals surface area contributed by atoms with E-state index in [0.29, 0.717) is 11.3 Å². The number of hydrogen-bond donors (Lipinski definition) is 3. The summed E-state index contributed by atoms with van der Waals surface area (Å²) < 4.78 is 16.7. The van der Waals surface area contributed by atoms with Gasteiger partial charge < -0.3 is 10.4 Å². The van der Waals surface area contributed by atoms with E-state index in [2.05, 4.69) is 20.7 Å². The lowest BCUT2D eigenvalue weighted by Gasteiger charge is -2.18. The Morgan fingerprint density at radius 2 is 1.81 bits per heavy atom. The van der Waals surface area contributed by atoms with Crippen LogP contribution in [0.5, 0.6) is 0 Å². The van der Waals surface area contributed by atoms with E-state index in [4.69, 9.17) is 5.14 Å². The summed E-state index contributed by atoms with van der Waals surface area (Å²) in [6, 6.07) is 4.53. The van der Waals surface area contributed by atoms with Crippen molar-refractivity contribution in [2.24, 2.45) is 9.50 Å². The summed E-state index contributed by atoms with van der Waals surface area (Å²) in [6.07, 6.45) is 6.41. The molecule has 1 heterocycles. The van der Waals surface area contributed by atoms with Crippen molar-refractivity contribution in [1.29, 1.82) is 5.26 Å². The quantitative estimate of drug-likeness (QED) is 0.674. The van der Waals surface area contributed by atoms with Gasteiger partial charge in [-0.1, -0.05) is 0 Å². The maximum Gasteiger partial charge on any atom is 0.354 e. The molecule has 2 aromatic rings. The van der Waals surface area contributed by atoms with Gasteiger partial charge in [0.2, 0.25) is 0 Å². The van der Waals surface area contributed by atoms with Gasteiger partial charge in [0.1, 0.15) is 0 Å².